The van der Waals surface area contributed by atoms with Crippen molar-refractivity contribution >= 4 is 34.0 Å². The summed E-state index contributed by atoms with van der Waals surface area (Å²) in [7, 11) is 0. The molecule has 2 aromatic carbocycles. The number of H-pyrrole nitrogens is 1. The highest BCUT2D eigenvalue weighted by molar-refractivity contribution is 6.05. The Morgan fingerprint density at radius 2 is 1.62 bits per heavy atom. The van der Waals surface area contributed by atoms with Gasteiger partial charge >= 0.3 is 0 Å². The zero-order chi connectivity index (χ0) is 17.1. The first-order valence-electron chi connectivity index (χ1n) is 7.34. The number of hydrogen-bond donors (Lipinski definition) is 3. The van der Waals surface area contributed by atoms with Crippen LogP contribution in [-0.2, 0) is 4.79 Å². The summed E-state index contributed by atoms with van der Waals surface area (Å²) in [4.78, 5) is 38.1. The molecule has 1 heterocycles. The van der Waals surface area contributed by atoms with Gasteiger partial charge in [0.25, 0.3) is 11.5 Å². The number of hydrogen-bond acceptors (Lipinski definition) is 3. The van der Waals surface area contributed by atoms with Crippen LogP contribution in [0.3, 0.4) is 0 Å². The van der Waals surface area contributed by atoms with Crippen LogP contribution in [0.4, 0.5) is 11.4 Å². The van der Waals surface area contributed by atoms with E-state index in [4.69, 9.17) is 0 Å². The molecule has 0 atom stereocenters. The number of carbonyl (C=O) groups excluding carboxylic acids is 2. The monoisotopic (exact) mass is 321 g/mol. The smallest absolute Gasteiger partial charge is 0.272 e. The first kappa shape index (κ1) is 15.5. The molecule has 24 heavy (non-hydrogen) atoms. The number of aromatic amines is 1. The van der Waals surface area contributed by atoms with E-state index in [0.717, 1.165) is 0 Å². The zero-order valence-electron chi connectivity index (χ0n) is 12.9. The van der Waals surface area contributed by atoms with E-state index >= 15 is 0 Å². The number of benzene rings is 2. The van der Waals surface area contributed by atoms with E-state index < -0.39 is 5.91 Å². The van der Waals surface area contributed by atoms with Crippen LogP contribution in [0.5, 0.6) is 0 Å². The minimum atomic E-state index is -0.433. The number of aromatic nitrogens is 1. The summed E-state index contributed by atoms with van der Waals surface area (Å²) in [6.45, 7) is 1.41. The standard InChI is InChI=1S/C18H15N3O3/c1-11(22)19-13-6-4-7-14(10-13)20-18(24)16-9-12-5-2-3-8-15(12)17(23)21-16/h2-10H,1H3,(H,19,22)(H,20,24)(H,21,23). The molecule has 3 aromatic rings. The maximum atomic E-state index is 12.4. The minimum absolute atomic E-state index is 0.170. The zero-order valence-corrected chi connectivity index (χ0v) is 12.9. The lowest BCUT2D eigenvalue weighted by Gasteiger charge is -2.08. The summed E-state index contributed by atoms with van der Waals surface area (Å²) in [5.41, 5.74) is 0.946. The van der Waals surface area contributed by atoms with Crippen molar-refractivity contribution in [1.29, 1.82) is 0 Å². The second kappa shape index (κ2) is 6.37. The first-order valence-corrected chi connectivity index (χ1v) is 7.34. The number of nitrogens with one attached hydrogen (secondary N) is 3. The van der Waals surface area contributed by atoms with Crippen molar-refractivity contribution < 1.29 is 9.59 Å². The van der Waals surface area contributed by atoms with E-state index in [0.29, 0.717) is 22.1 Å². The molecule has 120 valence electrons. The van der Waals surface area contributed by atoms with Crippen LogP contribution in [0.15, 0.2) is 59.4 Å². The lowest BCUT2D eigenvalue weighted by Crippen LogP contribution is -2.19. The summed E-state index contributed by atoms with van der Waals surface area (Å²) in [5, 5.41) is 6.57. The van der Waals surface area contributed by atoms with Gasteiger partial charge in [-0.1, -0.05) is 24.3 Å². The number of fused-ring (bicyclic) bond motifs is 1. The lowest BCUT2D eigenvalue weighted by molar-refractivity contribution is -0.114. The molecule has 6 nitrogen and oxygen atoms in total. The number of rotatable bonds is 3. The van der Waals surface area contributed by atoms with Gasteiger partial charge < -0.3 is 15.6 Å². The van der Waals surface area contributed by atoms with Gasteiger partial charge in [0.05, 0.1) is 0 Å². The topological polar surface area (TPSA) is 91.1 Å². The number of pyridine rings is 1. The Balaban J connectivity index is 1.87. The number of amides is 2. The molecule has 0 aliphatic carbocycles. The fraction of sp³-hybridized carbons (Fsp3) is 0.0556. The van der Waals surface area contributed by atoms with E-state index in [1.165, 1.54) is 6.92 Å². The molecule has 0 aliphatic heterocycles. The van der Waals surface area contributed by atoms with Crippen LogP contribution >= 0.6 is 0 Å². The third kappa shape index (κ3) is 3.33. The van der Waals surface area contributed by atoms with Crippen molar-refractivity contribution in [2.24, 2.45) is 0 Å². The average Bonchev–Trinajstić information content (AvgIpc) is 2.54. The molecular weight excluding hydrogens is 306 g/mol. The van der Waals surface area contributed by atoms with Gasteiger partial charge in [0.2, 0.25) is 5.91 Å². The SMILES string of the molecule is CC(=O)Nc1cccc(NC(=O)c2cc3ccccc3c(=O)[nH]2)c1. The van der Waals surface area contributed by atoms with Gasteiger partial charge in [0.15, 0.2) is 0 Å². The van der Waals surface area contributed by atoms with Gasteiger partial charge in [0, 0.05) is 23.7 Å². The Labute approximate surface area is 137 Å². The molecule has 0 spiro atoms. The lowest BCUT2D eigenvalue weighted by atomic mass is 10.1. The Morgan fingerprint density at radius 1 is 0.917 bits per heavy atom. The van der Waals surface area contributed by atoms with E-state index in [-0.39, 0.29) is 17.2 Å². The van der Waals surface area contributed by atoms with Gasteiger partial charge in [0.1, 0.15) is 5.69 Å². The largest absolute Gasteiger partial charge is 0.326 e. The third-order valence-electron chi connectivity index (χ3n) is 3.44. The van der Waals surface area contributed by atoms with Crippen LogP contribution in [0.1, 0.15) is 17.4 Å². The maximum Gasteiger partial charge on any atom is 0.272 e. The molecule has 0 radical (unpaired) electrons. The molecule has 3 N–H and O–H groups in total. The number of anilines is 2. The Morgan fingerprint density at radius 3 is 2.38 bits per heavy atom. The van der Waals surface area contributed by atoms with Crippen molar-refractivity contribution in [3.63, 3.8) is 0 Å². The molecule has 0 bridgehead atoms. The van der Waals surface area contributed by atoms with Crippen molar-refractivity contribution in [3.05, 3.63) is 70.6 Å². The second-order valence-corrected chi connectivity index (χ2v) is 5.32. The van der Waals surface area contributed by atoms with Gasteiger partial charge in [-0.2, -0.15) is 0 Å². The average molecular weight is 321 g/mol. The third-order valence-corrected chi connectivity index (χ3v) is 3.44. The summed E-state index contributed by atoms with van der Waals surface area (Å²) in [6.07, 6.45) is 0. The van der Waals surface area contributed by atoms with Crippen molar-refractivity contribution in [3.8, 4) is 0 Å². The quantitative estimate of drug-likeness (QED) is 0.692. The van der Waals surface area contributed by atoms with E-state index in [1.807, 2.05) is 0 Å². The summed E-state index contributed by atoms with van der Waals surface area (Å²) < 4.78 is 0. The van der Waals surface area contributed by atoms with Crippen molar-refractivity contribution in [2.75, 3.05) is 10.6 Å². The van der Waals surface area contributed by atoms with Gasteiger partial charge in [-0.25, -0.2) is 0 Å². The fourth-order valence-corrected chi connectivity index (χ4v) is 2.41. The maximum absolute atomic E-state index is 12.4. The predicted molar refractivity (Wildman–Crippen MR) is 93.3 cm³/mol. The van der Waals surface area contributed by atoms with Crippen LogP contribution in [0, 0.1) is 0 Å². The van der Waals surface area contributed by atoms with Crippen molar-refractivity contribution in [1.82, 2.24) is 4.98 Å². The van der Waals surface area contributed by atoms with Crippen molar-refractivity contribution in [2.45, 2.75) is 6.92 Å². The van der Waals surface area contributed by atoms with Gasteiger partial charge in [-0.3, -0.25) is 14.4 Å². The van der Waals surface area contributed by atoms with E-state index in [2.05, 4.69) is 15.6 Å². The highest BCUT2D eigenvalue weighted by Gasteiger charge is 2.10. The second-order valence-electron chi connectivity index (χ2n) is 5.32. The molecule has 2 amide bonds. The molecule has 0 saturated heterocycles. The van der Waals surface area contributed by atoms with Crippen LogP contribution in [0.25, 0.3) is 10.8 Å². The summed E-state index contributed by atoms with van der Waals surface area (Å²) >= 11 is 0. The Bertz CT molecular complexity index is 992. The van der Waals surface area contributed by atoms with Gasteiger partial charge in [-0.15, -0.1) is 0 Å². The van der Waals surface area contributed by atoms with Crippen LogP contribution in [-0.4, -0.2) is 16.8 Å². The molecule has 0 aliphatic rings. The molecular formula is C18H15N3O3. The van der Waals surface area contributed by atoms with E-state index in [1.54, 1.807) is 54.6 Å². The predicted octanol–water partition coefficient (Wildman–Crippen LogP) is 2.74. The molecule has 6 heteroatoms. The van der Waals surface area contributed by atoms with Crippen LogP contribution < -0.4 is 16.2 Å². The minimum Gasteiger partial charge on any atom is -0.326 e. The highest BCUT2D eigenvalue weighted by atomic mass is 16.2. The summed E-state index contributed by atoms with van der Waals surface area (Å²) in [5.74, 6) is -0.629. The fourth-order valence-electron chi connectivity index (χ4n) is 2.41. The molecule has 1 aromatic heterocycles. The first-order chi connectivity index (χ1) is 11.5. The Kier molecular flexibility index (Phi) is 4.11. The number of carbonyl (C=O) groups is 2. The van der Waals surface area contributed by atoms with E-state index in [9.17, 15) is 14.4 Å². The molecule has 3 rings (SSSR count). The normalized spacial score (nSPS) is 10.4. The molecule has 0 saturated carbocycles. The molecule has 0 unspecified atom stereocenters. The van der Waals surface area contributed by atoms with Gasteiger partial charge in [-0.05, 0) is 35.7 Å². The van der Waals surface area contributed by atoms with Crippen LogP contribution in [0.2, 0.25) is 0 Å². The highest BCUT2D eigenvalue weighted by Crippen LogP contribution is 2.16. The molecule has 0 fully saturated rings. The Hall–Kier alpha value is -3.41. The summed E-state index contributed by atoms with van der Waals surface area (Å²) in [6, 6.07) is 15.4.